The summed E-state index contributed by atoms with van der Waals surface area (Å²) in [5, 5.41) is 5.60. The quantitative estimate of drug-likeness (QED) is 0.551. The maximum absolute atomic E-state index is 12.1. The lowest BCUT2D eigenvalue weighted by atomic mass is 9.99. The smallest absolute Gasteiger partial charge is 0.251 e. The van der Waals surface area contributed by atoms with Crippen molar-refractivity contribution >= 4 is 29.9 Å². The van der Waals surface area contributed by atoms with E-state index < -0.39 is 6.04 Å². The predicted molar refractivity (Wildman–Crippen MR) is 103 cm³/mol. The van der Waals surface area contributed by atoms with Gasteiger partial charge in [0, 0.05) is 31.0 Å². The number of benzene rings is 1. The summed E-state index contributed by atoms with van der Waals surface area (Å²) in [6.07, 6.45) is 1.60. The predicted octanol–water partition coefficient (Wildman–Crippen LogP) is 2.58. The zero-order valence-electron chi connectivity index (χ0n) is 15.2. The van der Waals surface area contributed by atoms with Crippen molar-refractivity contribution in [3.63, 3.8) is 0 Å². The summed E-state index contributed by atoms with van der Waals surface area (Å²) in [5.74, 6) is -0.311. The van der Waals surface area contributed by atoms with Crippen molar-refractivity contribution < 1.29 is 14.3 Å². The number of halogens is 1. The van der Waals surface area contributed by atoms with Crippen LogP contribution < -0.4 is 16.4 Å². The Kier molecular flexibility index (Phi) is 11.9. The summed E-state index contributed by atoms with van der Waals surface area (Å²) in [5.41, 5.74) is 6.99. The number of rotatable bonds is 10. The van der Waals surface area contributed by atoms with E-state index >= 15 is 0 Å². The van der Waals surface area contributed by atoms with Crippen molar-refractivity contribution in [3.8, 4) is 0 Å². The van der Waals surface area contributed by atoms with Gasteiger partial charge in [0.1, 0.15) is 0 Å². The molecule has 0 bridgehead atoms. The molecule has 0 saturated heterocycles. The van der Waals surface area contributed by atoms with Crippen molar-refractivity contribution in [2.24, 2.45) is 11.7 Å². The monoisotopic (exact) mass is 371 g/mol. The summed E-state index contributed by atoms with van der Waals surface area (Å²) in [6.45, 7) is 7.72. The number of carbonyl (C=O) groups is 2. The van der Waals surface area contributed by atoms with Gasteiger partial charge in [0.2, 0.25) is 5.91 Å². The lowest BCUT2D eigenvalue weighted by Crippen LogP contribution is -2.40. The molecule has 0 aliphatic heterocycles. The lowest BCUT2D eigenvalue weighted by Gasteiger charge is -2.18. The van der Waals surface area contributed by atoms with Crippen LogP contribution in [0.2, 0.25) is 0 Å². The number of nitrogens with one attached hydrogen (secondary N) is 2. The van der Waals surface area contributed by atoms with E-state index in [1.54, 1.807) is 24.3 Å². The fourth-order valence-corrected chi connectivity index (χ4v) is 2.10. The van der Waals surface area contributed by atoms with Gasteiger partial charge in [-0.2, -0.15) is 0 Å². The van der Waals surface area contributed by atoms with Crippen LogP contribution in [0.25, 0.3) is 0 Å². The Morgan fingerprint density at radius 2 is 2.00 bits per heavy atom. The molecule has 2 atom stereocenters. The first kappa shape index (κ1) is 23.4. The zero-order valence-corrected chi connectivity index (χ0v) is 16.0. The Labute approximate surface area is 156 Å². The topological polar surface area (TPSA) is 93.5 Å². The molecule has 0 aromatic heterocycles. The number of nitrogens with two attached hydrogens (primary N) is 1. The second kappa shape index (κ2) is 12.7. The van der Waals surface area contributed by atoms with Crippen molar-refractivity contribution in [1.82, 2.24) is 5.32 Å². The highest BCUT2D eigenvalue weighted by molar-refractivity contribution is 5.98. The van der Waals surface area contributed by atoms with Crippen LogP contribution in [0.5, 0.6) is 0 Å². The third-order valence-electron chi connectivity index (χ3n) is 3.91. The Hall–Kier alpha value is -1.63. The van der Waals surface area contributed by atoms with E-state index in [0.29, 0.717) is 31.0 Å². The van der Waals surface area contributed by atoms with Gasteiger partial charge >= 0.3 is 0 Å². The van der Waals surface area contributed by atoms with Crippen LogP contribution in [0.15, 0.2) is 24.3 Å². The molecule has 0 aliphatic rings. The molecule has 0 spiro atoms. The molecule has 0 radical (unpaired) electrons. The van der Waals surface area contributed by atoms with Gasteiger partial charge in [-0.05, 0) is 37.5 Å². The molecule has 0 saturated carbocycles. The molecule has 1 aromatic carbocycles. The summed E-state index contributed by atoms with van der Waals surface area (Å²) in [6, 6.07) is 6.28. The molecule has 0 aliphatic carbocycles. The molecule has 4 N–H and O–H groups in total. The van der Waals surface area contributed by atoms with Crippen LogP contribution >= 0.6 is 12.4 Å². The number of anilines is 1. The molecule has 0 heterocycles. The molecule has 6 nitrogen and oxygen atoms in total. The summed E-state index contributed by atoms with van der Waals surface area (Å²) in [4.78, 5) is 24.2. The maximum Gasteiger partial charge on any atom is 0.251 e. The molecule has 2 unspecified atom stereocenters. The van der Waals surface area contributed by atoms with Gasteiger partial charge in [-0.3, -0.25) is 9.59 Å². The standard InChI is InChI=1S/C18H29N3O3.ClH/c1-4-13(3)16(19)18(23)21-15-9-6-8-14(12-15)17(22)20-10-7-11-24-5-2;/h6,8-9,12-13,16H,4-5,7,10-11,19H2,1-3H3,(H,20,22)(H,21,23);1H. The Bertz CT molecular complexity index is 540. The molecule has 7 heteroatoms. The highest BCUT2D eigenvalue weighted by Crippen LogP contribution is 2.13. The van der Waals surface area contributed by atoms with E-state index in [9.17, 15) is 9.59 Å². The van der Waals surface area contributed by atoms with Crippen LogP contribution in [0.3, 0.4) is 0 Å². The van der Waals surface area contributed by atoms with E-state index in [2.05, 4.69) is 10.6 Å². The van der Waals surface area contributed by atoms with E-state index in [1.165, 1.54) is 0 Å². The fraction of sp³-hybridized carbons (Fsp3) is 0.556. The van der Waals surface area contributed by atoms with Crippen LogP contribution in [-0.4, -0.2) is 37.6 Å². The van der Waals surface area contributed by atoms with Gasteiger partial charge in [0.05, 0.1) is 6.04 Å². The fourth-order valence-electron chi connectivity index (χ4n) is 2.10. The van der Waals surface area contributed by atoms with Crippen molar-refractivity contribution in [2.75, 3.05) is 25.1 Å². The van der Waals surface area contributed by atoms with Crippen molar-refractivity contribution in [1.29, 1.82) is 0 Å². The highest BCUT2D eigenvalue weighted by atomic mass is 35.5. The first-order valence-electron chi connectivity index (χ1n) is 8.52. The van der Waals surface area contributed by atoms with E-state index in [4.69, 9.17) is 10.5 Å². The van der Waals surface area contributed by atoms with Crippen LogP contribution in [-0.2, 0) is 9.53 Å². The first-order valence-corrected chi connectivity index (χ1v) is 8.52. The normalized spacial score (nSPS) is 12.6. The number of ether oxygens (including phenoxy) is 1. The number of amides is 2. The van der Waals surface area contributed by atoms with Gasteiger partial charge in [-0.1, -0.05) is 26.3 Å². The van der Waals surface area contributed by atoms with Crippen LogP contribution in [0.1, 0.15) is 44.0 Å². The minimum Gasteiger partial charge on any atom is -0.382 e. The van der Waals surface area contributed by atoms with E-state index in [-0.39, 0.29) is 30.1 Å². The van der Waals surface area contributed by atoms with Gasteiger partial charge in [-0.15, -0.1) is 12.4 Å². The molecule has 0 fully saturated rings. The van der Waals surface area contributed by atoms with Crippen LogP contribution in [0.4, 0.5) is 5.69 Å². The SMILES string of the molecule is CCOCCCNC(=O)c1cccc(NC(=O)C(N)C(C)CC)c1.Cl. The molecular weight excluding hydrogens is 342 g/mol. The second-order valence-corrected chi connectivity index (χ2v) is 5.79. The Morgan fingerprint density at radius 1 is 1.28 bits per heavy atom. The molecule has 142 valence electrons. The first-order chi connectivity index (χ1) is 11.5. The highest BCUT2D eigenvalue weighted by Gasteiger charge is 2.19. The number of hydrogen-bond donors (Lipinski definition) is 3. The van der Waals surface area contributed by atoms with E-state index in [1.807, 2.05) is 20.8 Å². The average molecular weight is 372 g/mol. The maximum atomic E-state index is 12.1. The van der Waals surface area contributed by atoms with Crippen LogP contribution in [0, 0.1) is 5.92 Å². The second-order valence-electron chi connectivity index (χ2n) is 5.79. The van der Waals surface area contributed by atoms with Gasteiger partial charge in [0.15, 0.2) is 0 Å². The molecule has 1 aromatic rings. The lowest BCUT2D eigenvalue weighted by molar-refractivity contribution is -0.118. The summed E-state index contributed by atoms with van der Waals surface area (Å²) in [7, 11) is 0. The zero-order chi connectivity index (χ0) is 17.9. The summed E-state index contributed by atoms with van der Waals surface area (Å²) < 4.78 is 5.22. The van der Waals surface area contributed by atoms with Crippen molar-refractivity contribution in [2.45, 2.75) is 39.7 Å². The Balaban J connectivity index is 0.00000576. The number of carbonyl (C=O) groups excluding carboxylic acids is 2. The van der Waals surface area contributed by atoms with Gasteiger partial charge in [0.25, 0.3) is 5.91 Å². The van der Waals surface area contributed by atoms with Crippen molar-refractivity contribution in [3.05, 3.63) is 29.8 Å². The van der Waals surface area contributed by atoms with E-state index in [0.717, 1.165) is 12.8 Å². The third kappa shape index (κ3) is 8.34. The molecule has 1 rings (SSSR count). The number of hydrogen-bond acceptors (Lipinski definition) is 4. The average Bonchev–Trinajstić information content (AvgIpc) is 2.60. The third-order valence-corrected chi connectivity index (χ3v) is 3.91. The molecular formula is C18H30ClN3O3. The molecule has 25 heavy (non-hydrogen) atoms. The minimum absolute atomic E-state index is 0. The Morgan fingerprint density at radius 3 is 2.64 bits per heavy atom. The van der Waals surface area contributed by atoms with Gasteiger partial charge < -0.3 is 21.1 Å². The largest absolute Gasteiger partial charge is 0.382 e. The van der Waals surface area contributed by atoms with Gasteiger partial charge in [-0.25, -0.2) is 0 Å². The minimum atomic E-state index is -0.564. The molecule has 2 amide bonds. The summed E-state index contributed by atoms with van der Waals surface area (Å²) >= 11 is 0.